The van der Waals surface area contributed by atoms with Gasteiger partial charge >= 0.3 is 14.8 Å². The summed E-state index contributed by atoms with van der Waals surface area (Å²) >= 11 is -1.98. The molecule has 0 spiro atoms. The van der Waals surface area contributed by atoms with Gasteiger partial charge in [0, 0.05) is 11.5 Å². The van der Waals surface area contributed by atoms with Gasteiger partial charge in [0.15, 0.2) is 0 Å². The number of benzene rings is 1. The summed E-state index contributed by atoms with van der Waals surface area (Å²) in [6, 6.07) is 9.85. The van der Waals surface area contributed by atoms with Crippen molar-refractivity contribution in [1.29, 1.82) is 5.26 Å². The number of hydrogen-bond acceptors (Lipinski definition) is 3. The van der Waals surface area contributed by atoms with E-state index in [1.807, 2.05) is 30.3 Å². The largest absolute Gasteiger partial charge is 0.817 e. The van der Waals surface area contributed by atoms with E-state index < -0.39 is 14.8 Å². The van der Waals surface area contributed by atoms with Crippen LogP contribution in [0.25, 0.3) is 0 Å². The van der Waals surface area contributed by atoms with Crippen molar-refractivity contribution in [3.05, 3.63) is 35.9 Å². The SMILES string of the molecule is N#[C][Al]1[O]C[C@@H](c2ccccc2)[O]1. The minimum atomic E-state index is -1.98. The Morgan fingerprint density at radius 3 is 2.77 bits per heavy atom. The molecule has 0 bridgehead atoms. The van der Waals surface area contributed by atoms with Crippen molar-refractivity contribution < 1.29 is 7.58 Å². The van der Waals surface area contributed by atoms with Gasteiger partial charge in [-0.2, -0.15) is 0 Å². The first-order chi connectivity index (χ1) is 6.40. The van der Waals surface area contributed by atoms with Crippen LogP contribution in [0.5, 0.6) is 0 Å². The molecular formula is C9H8AlNO2. The lowest BCUT2D eigenvalue weighted by Gasteiger charge is -2.08. The quantitative estimate of drug-likeness (QED) is 0.626. The molecule has 1 aromatic rings. The first-order valence-corrected chi connectivity index (χ1v) is 5.64. The van der Waals surface area contributed by atoms with E-state index in [9.17, 15) is 0 Å². The highest BCUT2D eigenvalue weighted by atomic mass is 27.2. The smallest absolute Gasteiger partial charge is 0.465 e. The van der Waals surface area contributed by atoms with Gasteiger partial charge in [-0.15, -0.1) is 0 Å². The van der Waals surface area contributed by atoms with Crippen LogP contribution >= 0.6 is 0 Å². The molecule has 3 nitrogen and oxygen atoms in total. The second-order valence-electron chi connectivity index (χ2n) is 2.83. The minimum Gasteiger partial charge on any atom is -0.465 e. The summed E-state index contributed by atoms with van der Waals surface area (Å²) in [4.78, 5) is 2.06. The van der Waals surface area contributed by atoms with Crippen molar-refractivity contribution in [2.75, 3.05) is 6.61 Å². The summed E-state index contributed by atoms with van der Waals surface area (Å²) in [5.74, 6) is 0. The Morgan fingerprint density at radius 2 is 2.15 bits per heavy atom. The molecule has 0 aliphatic carbocycles. The van der Waals surface area contributed by atoms with Crippen molar-refractivity contribution >= 4 is 14.8 Å². The number of hydrogen-bond donors (Lipinski definition) is 0. The van der Waals surface area contributed by atoms with Crippen LogP contribution in [0.2, 0.25) is 0 Å². The summed E-state index contributed by atoms with van der Waals surface area (Å²) in [5.41, 5.74) is 1.09. The molecule has 0 N–H and O–H groups in total. The molecule has 1 atom stereocenters. The lowest BCUT2D eigenvalue weighted by atomic mass is 10.1. The average Bonchev–Trinajstić information content (AvgIpc) is 2.67. The van der Waals surface area contributed by atoms with Gasteiger partial charge in [0.2, 0.25) is 0 Å². The second kappa shape index (κ2) is 3.91. The molecule has 64 valence electrons. The first kappa shape index (κ1) is 8.75. The maximum absolute atomic E-state index is 8.59. The van der Waals surface area contributed by atoms with E-state index in [2.05, 4.69) is 4.93 Å². The highest BCUT2D eigenvalue weighted by molar-refractivity contribution is 6.54. The van der Waals surface area contributed by atoms with Crippen molar-refractivity contribution in [1.82, 2.24) is 0 Å². The van der Waals surface area contributed by atoms with Gasteiger partial charge in [0.05, 0.1) is 6.10 Å². The van der Waals surface area contributed by atoms with Gasteiger partial charge in [-0.05, 0) is 5.56 Å². The van der Waals surface area contributed by atoms with E-state index >= 15 is 0 Å². The van der Waals surface area contributed by atoms with Crippen LogP contribution in [0, 0.1) is 10.2 Å². The van der Waals surface area contributed by atoms with Crippen LogP contribution in [-0.4, -0.2) is 21.4 Å². The van der Waals surface area contributed by atoms with Gasteiger partial charge in [-0.25, -0.2) is 5.26 Å². The molecule has 1 aliphatic rings. The summed E-state index contributed by atoms with van der Waals surface area (Å²) in [7, 11) is 0. The zero-order valence-corrected chi connectivity index (χ0v) is 8.17. The van der Waals surface area contributed by atoms with E-state index in [0.717, 1.165) is 5.56 Å². The van der Waals surface area contributed by atoms with E-state index in [-0.39, 0.29) is 6.10 Å². The van der Waals surface area contributed by atoms with E-state index in [4.69, 9.17) is 12.8 Å². The molecular weight excluding hydrogens is 181 g/mol. The summed E-state index contributed by atoms with van der Waals surface area (Å²) in [5, 5.41) is 8.59. The Labute approximate surface area is 81.6 Å². The number of nitrogens with zero attached hydrogens (tertiary/aromatic N) is 1. The highest BCUT2D eigenvalue weighted by Crippen LogP contribution is 2.23. The normalized spacial score (nSPS) is 21.5. The zero-order chi connectivity index (χ0) is 9.10. The minimum absolute atomic E-state index is 0.0301. The highest BCUT2D eigenvalue weighted by Gasteiger charge is 2.37. The molecule has 1 fully saturated rings. The predicted octanol–water partition coefficient (Wildman–Crippen LogP) is 1.33. The topological polar surface area (TPSA) is 42.2 Å². The molecule has 1 aromatic carbocycles. The van der Waals surface area contributed by atoms with Crippen LogP contribution in [0.1, 0.15) is 11.7 Å². The molecule has 0 saturated carbocycles. The lowest BCUT2D eigenvalue weighted by Crippen LogP contribution is -2.10. The van der Waals surface area contributed by atoms with Gasteiger partial charge in [0.1, 0.15) is 0 Å². The number of nitriles is 1. The predicted molar refractivity (Wildman–Crippen MR) is 47.6 cm³/mol. The molecule has 0 radical (unpaired) electrons. The molecule has 1 saturated heterocycles. The van der Waals surface area contributed by atoms with Gasteiger partial charge in [0.25, 0.3) is 0 Å². The maximum atomic E-state index is 8.59. The summed E-state index contributed by atoms with van der Waals surface area (Å²) < 4.78 is 10.7. The first-order valence-electron chi connectivity index (χ1n) is 4.12. The standard InChI is InChI=1S/C8H8O2.CN.Al/c9-6-8(10)7-4-2-1-3-5-7;1-2;/h1-5,8H,6H2;;/q-2;;+2/t8-;;/m0../s1. The monoisotopic (exact) mass is 189 g/mol. The third-order valence-corrected chi connectivity index (χ3v) is 3.25. The Hall–Kier alpha value is -0.838. The average molecular weight is 189 g/mol. The van der Waals surface area contributed by atoms with Gasteiger partial charge in [-0.1, -0.05) is 30.3 Å². The summed E-state index contributed by atoms with van der Waals surface area (Å²) in [6.07, 6.45) is -0.0301. The fourth-order valence-electron chi connectivity index (χ4n) is 1.31. The van der Waals surface area contributed by atoms with Crippen LogP contribution in [0.15, 0.2) is 30.3 Å². The Morgan fingerprint density at radius 1 is 1.38 bits per heavy atom. The molecule has 1 aliphatic heterocycles. The fourth-order valence-corrected chi connectivity index (χ4v) is 2.41. The van der Waals surface area contributed by atoms with E-state index in [1.165, 1.54) is 0 Å². The molecule has 13 heavy (non-hydrogen) atoms. The third-order valence-electron chi connectivity index (χ3n) is 1.96. The molecule has 2 rings (SSSR count). The van der Waals surface area contributed by atoms with E-state index in [1.54, 1.807) is 0 Å². The van der Waals surface area contributed by atoms with Crippen LogP contribution in [0.3, 0.4) is 0 Å². The lowest BCUT2D eigenvalue weighted by molar-refractivity contribution is 0.241. The van der Waals surface area contributed by atoms with Crippen LogP contribution < -0.4 is 0 Å². The molecule has 0 amide bonds. The maximum Gasteiger partial charge on any atom is 0.817 e. The molecule has 0 unspecified atom stereocenters. The Bertz CT molecular complexity index is 322. The fraction of sp³-hybridized carbons (Fsp3) is 0.222. The molecule has 0 aromatic heterocycles. The third kappa shape index (κ3) is 1.91. The van der Waals surface area contributed by atoms with Gasteiger partial charge in [-0.3, -0.25) is 0 Å². The van der Waals surface area contributed by atoms with Crippen molar-refractivity contribution in [3.8, 4) is 4.93 Å². The second-order valence-corrected chi connectivity index (χ2v) is 4.36. The zero-order valence-electron chi connectivity index (χ0n) is 7.01. The van der Waals surface area contributed by atoms with Crippen LogP contribution in [-0.2, 0) is 7.58 Å². The molecule has 4 heteroatoms. The van der Waals surface area contributed by atoms with Crippen LogP contribution in [0.4, 0.5) is 0 Å². The molecule has 1 heterocycles. The Kier molecular flexibility index (Phi) is 2.63. The Balaban J connectivity index is 2.09. The van der Waals surface area contributed by atoms with E-state index in [0.29, 0.717) is 6.61 Å². The van der Waals surface area contributed by atoms with Crippen molar-refractivity contribution in [2.45, 2.75) is 6.10 Å². The van der Waals surface area contributed by atoms with Crippen molar-refractivity contribution in [2.24, 2.45) is 0 Å². The van der Waals surface area contributed by atoms with Gasteiger partial charge < -0.3 is 7.58 Å². The van der Waals surface area contributed by atoms with Crippen molar-refractivity contribution in [3.63, 3.8) is 0 Å². The number of rotatable bonds is 1. The summed E-state index contributed by atoms with van der Waals surface area (Å²) in [6.45, 7) is 0.522.